The highest BCUT2D eigenvalue weighted by atomic mass is 16.5. The van der Waals surface area contributed by atoms with E-state index in [0.717, 1.165) is 5.56 Å². The van der Waals surface area contributed by atoms with E-state index in [1.54, 1.807) is 27.2 Å². The van der Waals surface area contributed by atoms with Gasteiger partial charge in [0.15, 0.2) is 17.6 Å². The Bertz CT molecular complexity index is 1010. The lowest BCUT2D eigenvalue weighted by Crippen LogP contribution is -2.49. The van der Waals surface area contributed by atoms with Crippen molar-refractivity contribution in [2.45, 2.75) is 19.4 Å². The minimum absolute atomic E-state index is 0.00330. The number of aromatic carboxylic acids is 1. The number of hydrogen-bond donors (Lipinski definition) is 2. The monoisotopic (exact) mass is 428 g/mol. The summed E-state index contributed by atoms with van der Waals surface area (Å²) < 4.78 is 16.0. The van der Waals surface area contributed by atoms with Crippen LogP contribution in [0.4, 0.5) is 5.69 Å². The maximum atomic E-state index is 12.6. The number of carbonyl (C=O) groups excluding carboxylic acids is 2. The zero-order valence-corrected chi connectivity index (χ0v) is 17.5. The molecule has 0 radical (unpaired) electrons. The van der Waals surface area contributed by atoms with Crippen LogP contribution in [0, 0.1) is 0 Å². The highest BCUT2D eigenvalue weighted by Crippen LogP contribution is 2.34. The van der Waals surface area contributed by atoms with Gasteiger partial charge in [0, 0.05) is 6.54 Å². The molecule has 3 rings (SSSR count). The predicted molar refractivity (Wildman–Crippen MR) is 112 cm³/mol. The Morgan fingerprint density at radius 3 is 2.55 bits per heavy atom. The zero-order chi connectivity index (χ0) is 22.5. The number of carboxylic acid groups (broad SMARTS) is 1. The summed E-state index contributed by atoms with van der Waals surface area (Å²) >= 11 is 0. The van der Waals surface area contributed by atoms with Crippen molar-refractivity contribution in [2.24, 2.45) is 0 Å². The van der Waals surface area contributed by atoms with E-state index in [-0.39, 0.29) is 23.7 Å². The van der Waals surface area contributed by atoms with Crippen molar-refractivity contribution in [1.82, 2.24) is 5.32 Å². The van der Waals surface area contributed by atoms with Gasteiger partial charge < -0.3 is 24.6 Å². The van der Waals surface area contributed by atoms with Gasteiger partial charge in [-0.05, 0) is 49.2 Å². The largest absolute Gasteiger partial charge is 0.493 e. The lowest BCUT2D eigenvalue weighted by Gasteiger charge is -2.32. The highest BCUT2D eigenvalue weighted by Gasteiger charge is 2.33. The Labute approximate surface area is 179 Å². The molecule has 9 heteroatoms. The second-order valence-corrected chi connectivity index (χ2v) is 6.96. The van der Waals surface area contributed by atoms with Gasteiger partial charge in [-0.15, -0.1) is 0 Å². The molecule has 2 aromatic carbocycles. The van der Waals surface area contributed by atoms with E-state index in [1.807, 2.05) is 12.1 Å². The molecular weight excluding hydrogens is 404 g/mol. The third-order valence-electron chi connectivity index (χ3n) is 4.90. The van der Waals surface area contributed by atoms with Crippen molar-refractivity contribution in [3.8, 4) is 17.2 Å². The number of benzene rings is 2. The highest BCUT2D eigenvalue weighted by molar-refractivity contribution is 6.04. The second-order valence-electron chi connectivity index (χ2n) is 6.96. The molecule has 9 nitrogen and oxygen atoms in total. The van der Waals surface area contributed by atoms with Crippen molar-refractivity contribution in [3.05, 3.63) is 47.5 Å². The Kier molecular flexibility index (Phi) is 6.64. The third kappa shape index (κ3) is 4.88. The maximum Gasteiger partial charge on any atom is 0.335 e. The van der Waals surface area contributed by atoms with Crippen molar-refractivity contribution in [1.29, 1.82) is 0 Å². The normalized spacial score (nSPS) is 15.0. The number of ether oxygens (including phenoxy) is 3. The van der Waals surface area contributed by atoms with Crippen LogP contribution in [0.2, 0.25) is 0 Å². The van der Waals surface area contributed by atoms with Crippen molar-refractivity contribution >= 4 is 23.5 Å². The van der Waals surface area contributed by atoms with Gasteiger partial charge >= 0.3 is 5.97 Å². The van der Waals surface area contributed by atoms with Crippen LogP contribution in [0.5, 0.6) is 17.2 Å². The summed E-state index contributed by atoms with van der Waals surface area (Å²) in [5, 5.41) is 12.0. The standard InChI is InChI=1S/C22H24N2O7/c1-13-21(26)24(16-11-15(22(27)28)5-7-17(16)31-13)12-20(25)23-9-8-14-4-6-18(29-2)19(10-14)30-3/h4-7,10-11,13H,8-9,12H2,1-3H3,(H,23,25)(H,27,28). The van der Waals surface area contributed by atoms with Gasteiger partial charge in [0.2, 0.25) is 5.91 Å². The van der Waals surface area contributed by atoms with Crippen LogP contribution in [0.1, 0.15) is 22.8 Å². The molecule has 0 aromatic heterocycles. The van der Waals surface area contributed by atoms with E-state index < -0.39 is 18.0 Å². The summed E-state index contributed by atoms with van der Waals surface area (Å²) in [5.74, 6) is -0.331. The molecule has 0 fully saturated rings. The van der Waals surface area contributed by atoms with Gasteiger partial charge in [-0.3, -0.25) is 14.5 Å². The van der Waals surface area contributed by atoms with Crippen LogP contribution in [0.25, 0.3) is 0 Å². The smallest absolute Gasteiger partial charge is 0.335 e. The number of rotatable bonds is 8. The van der Waals surface area contributed by atoms with E-state index >= 15 is 0 Å². The molecule has 31 heavy (non-hydrogen) atoms. The number of carboxylic acids is 1. The maximum absolute atomic E-state index is 12.6. The van der Waals surface area contributed by atoms with Crippen molar-refractivity contribution in [2.75, 3.05) is 32.2 Å². The molecule has 0 bridgehead atoms. The number of hydrogen-bond acceptors (Lipinski definition) is 6. The molecular formula is C22H24N2O7. The van der Waals surface area contributed by atoms with Gasteiger partial charge in [0.05, 0.1) is 25.5 Å². The number of methoxy groups -OCH3 is 2. The first kappa shape index (κ1) is 21.9. The van der Waals surface area contributed by atoms with Crippen LogP contribution >= 0.6 is 0 Å². The number of nitrogens with one attached hydrogen (secondary N) is 1. The van der Waals surface area contributed by atoms with Crippen LogP contribution in [0.3, 0.4) is 0 Å². The Morgan fingerprint density at radius 1 is 1.13 bits per heavy atom. The minimum atomic E-state index is -1.13. The predicted octanol–water partition coefficient (Wildman–Crippen LogP) is 1.87. The molecule has 1 heterocycles. The third-order valence-corrected chi connectivity index (χ3v) is 4.90. The fourth-order valence-electron chi connectivity index (χ4n) is 3.29. The van der Waals surface area contributed by atoms with Gasteiger partial charge in [-0.25, -0.2) is 4.79 Å². The first-order valence-electron chi connectivity index (χ1n) is 9.67. The van der Waals surface area contributed by atoms with Crippen molar-refractivity contribution in [3.63, 3.8) is 0 Å². The average Bonchev–Trinajstić information content (AvgIpc) is 2.76. The van der Waals surface area contributed by atoms with Crippen LogP contribution < -0.4 is 24.4 Å². The number of anilines is 1. The number of nitrogens with zero attached hydrogens (tertiary/aromatic N) is 1. The molecule has 0 aliphatic carbocycles. The lowest BCUT2D eigenvalue weighted by atomic mass is 10.1. The molecule has 0 saturated heterocycles. The molecule has 2 aromatic rings. The molecule has 1 aliphatic heterocycles. The number of fused-ring (bicyclic) bond motifs is 1. The van der Waals surface area contributed by atoms with E-state index in [0.29, 0.717) is 30.2 Å². The van der Waals surface area contributed by atoms with Crippen LogP contribution in [-0.4, -0.2) is 56.3 Å². The van der Waals surface area contributed by atoms with Crippen LogP contribution in [0.15, 0.2) is 36.4 Å². The first-order chi connectivity index (χ1) is 14.8. The van der Waals surface area contributed by atoms with Gasteiger partial charge in [0.25, 0.3) is 5.91 Å². The van der Waals surface area contributed by atoms with E-state index in [1.165, 1.54) is 23.1 Å². The summed E-state index contributed by atoms with van der Waals surface area (Å²) in [6.45, 7) is 1.69. The topological polar surface area (TPSA) is 114 Å². The van der Waals surface area contributed by atoms with Crippen molar-refractivity contribution < 1.29 is 33.7 Å². The van der Waals surface area contributed by atoms with E-state index in [2.05, 4.69) is 5.32 Å². The molecule has 1 unspecified atom stereocenters. The second kappa shape index (κ2) is 9.38. The Balaban J connectivity index is 1.66. The fourth-order valence-corrected chi connectivity index (χ4v) is 3.29. The summed E-state index contributed by atoms with van der Waals surface area (Å²) in [7, 11) is 3.11. The van der Waals surface area contributed by atoms with Gasteiger partial charge in [-0.1, -0.05) is 6.07 Å². The summed E-state index contributed by atoms with van der Waals surface area (Å²) in [4.78, 5) is 37.6. The molecule has 1 aliphatic rings. The molecule has 164 valence electrons. The molecule has 2 N–H and O–H groups in total. The summed E-state index contributed by atoms with van der Waals surface area (Å²) in [5.41, 5.74) is 1.21. The summed E-state index contributed by atoms with van der Waals surface area (Å²) in [6, 6.07) is 9.72. The minimum Gasteiger partial charge on any atom is -0.493 e. The van der Waals surface area contributed by atoms with Crippen LogP contribution in [-0.2, 0) is 16.0 Å². The fraction of sp³-hybridized carbons (Fsp3) is 0.318. The molecule has 0 saturated carbocycles. The Hall–Kier alpha value is -3.75. The molecule has 0 spiro atoms. The van der Waals surface area contributed by atoms with E-state index in [4.69, 9.17) is 14.2 Å². The number of amides is 2. The quantitative estimate of drug-likeness (QED) is 0.660. The summed E-state index contributed by atoms with van der Waals surface area (Å²) in [6.07, 6.45) is -0.220. The average molecular weight is 428 g/mol. The lowest BCUT2D eigenvalue weighted by molar-refractivity contribution is -0.128. The zero-order valence-electron chi connectivity index (χ0n) is 17.5. The van der Waals surface area contributed by atoms with Gasteiger partial charge in [0.1, 0.15) is 12.3 Å². The molecule has 1 atom stereocenters. The number of carbonyl (C=O) groups is 3. The van der Waals surface area contributed by atoms with E-state index in [9.17, 15) is 19.5 Å². The molecule has 2 amide bonds. The Morgan fingerprint density at radius 2 is 1.87 bits per heavy atom. The van der Waals surface area contributed by atoms with Gasteiger partial charge in [-0.2, -0.15) is 0 Å². The first-order valence-corrected chi connectivity index (χ1v) is 9.67. The SMILES string of the molecule is COc1ccc(CCNC(=O)CN2C(=O)C(C)Oc3ccc(C(=O)O)cc32)cc1OC.